The molecule has 0 bridgehead atoms. The molecule has 2 N–H and O–H groups in total. The number of aromatic hydroxyl groups is 1. The second-order valence-corrected chi connectivity index (χ2v) is 7.51. The third-order valence-corrected chi connectivity index (χ3v) is 5.42. The number of nitrogens with one attached hydrogen (secondary N) is 1. The maximum absolute atomic E-state index is 13.0. The van der Waals surface area contributed by atoms with Crippen molar-refractivity contribution in [3.63, 3.8) is 0 Å². The van der Waals surface area contributed by atoms with Gasteiger partial charge in [-0.25, -0.2) is 5.43 Å². The van der Waals surface area contributed by atoms with Crippen molar-refractivity contribution in [3.8, 4) is 11.5 Å². The number of hydrogen-bond acceptors (Lipinski definition) is 6. The molecule has 4 aromatic rings. The van der Waals surface area contributed by atoms with Gasteiger partial charge in [0, 0.05) is 5.56 Å². The Hall–Kier alpha value is -4.13. The van der Waals surface area contributed by atoms with Crippen LogP contribution in [0.25, 0.3) is 21.9 Å². The molecule has 1 heterocycles. The molecule has 7 nitrogen and oxygen atoms in total. The molecule has 0 unspecified atom stereocenters. The van der Waals surface area contributed by atoms with Gasteiger partial charge in [-0.1, -0.05) is 18.2 Å². The Kier molecular flexibility index (Phi) is 5.64. The molecule has 3 aromatic carbocycles. The summed E-state index contributed by atoms with van der Waals surface area (Å²) >= 11 is 0. The number of carbonyl (C=O) groups excluding carboxylic acids is 1. The fraction of sp³-hybridized carbons (Fsp3) is 0.160. The van der Waals surface area contributed by atoms with E-state index < -0.39 is 0 Å². The lowest BCUT2D eigenvalue weighted by Gasteiger charge is -2.09. The molecule has 0 atom stereocenters. The summed E-state index contributed by atoms with van der Waals surface area (Å²) < 4.78 is 11.2. The second kappa shape index (κ2) is 8.55. The molecular formula is C25H22N2O5. The van der Waals surface area contributed by atoms with Gasteiger partial charge < -0.3 is 14.3 Å². The van der Waals surface area contributed by atoms with Crippen LogP contribution in [0.1, 0.15) is 22.3 Å². The van der Waals surface area contributed by atoms with Gasteiger partial charge in [-0.15, -0.1) is 0 Å². The topological polar surface area (TPSA) is 101 Å². The van der Waals surface area contributed by atoms with Gasteiger partial charge in [0.2, 0.25) is 11.3 Å². The number of amides is 1. The first-order valence-electron chi connectivity index (χ1n) is 10.0. The van der Waals surface area contributed by atoms with Crippen LogP contribution in [0.5, 0.6) is 11.5 Å². The highest BCUT2D eigenvalue weighted by molar-refractivity contribution is 5.94. The number of rotatable bonds is 5. The predicted octanol–water partition coefficient (Wildman–Crippen LogP) is 3.97. The van der Waals surface area contributed by atoms with E-state index in [1.807, 2.05) is 19.9 Å². The minimum Gasteiger partial charge on any atom is -0.504 e. The van der Waals surface area contributed by atoms with E-state index in [9.17, 15) is 14.7 Å². The molecule has 0 aliphatic carbocycles. The quantitative estimate of drug-likeness (QED) is 0.283. The molecular weight excluding hydrogens is 408 g/mol. The Morgan fingerprint density at radius 1 is 1.12 bits per heavy atom. The third-order valence-electron chi connectivity index (χ3n) is 5.42. The summed E-state index contributed by atoms with van der Waals surface area (Å²) in [6, 6.07) is 13.6. The fourth-order valence-corrected chi connectivity index (χ4v) is 3.54. The molecule has 0 aliphatic rings. The lowest BCUT2D eigenvalue weighted by Crippen LogP contribution is -2.20. The second-order valence-electron chi connectivity index (χ2n) is 7.51. The van der Waals surface area contributed by atoms with Gasteiger partial charge >= 0.3 is 0 Å². The fourth-order valence-electron chi connectivity index (χ4n) is 3.54. The van der Waals surface area contributed by atoms with Gasteiger partial charge in [0.15, 0.2) is 11.5 Å². The van der Waals surface area contributed by atoms with Crippen molar-refractivity contribution in [1.29, 1.82) is 0 Å². The number of para-hydroxylation sites is 1. The van der Waals surface area contributed by atoms with Crippen molar-refractivity contribution in [1.82, 2.24) is 5.43 Å². The normalized spacial score (nSPS) is 11.3. The Bertz CT molecular complexity index is 1440. The summed E-state index contributed by atoms with van der Waals surface area (Å²) in [7, 11) is 1.45. The number of carbonyl (C=O) groups is 1. The lowest BCUT2D eigenvalue weighted by atomic mass is 10.0. The molecule has 4 rings (SSSR count). The van der Waals surface area contributed by atoms with E-state index in [2.05, 4.69) is 10.5 Å². The SMILES string of the molecule is COc1cc(/C=N\NC(=O)Cc2cccc3c(=O)c4ccc(C)c(C)c4oc23)ccc1O. The smallest absolute Gasteiger partial charge is 0.244 e. The van der Waals surface area contributed by atoms with E-state index in [0.717, 1.165) is 11.1 Å². The molecule has 0 saturated heterocycles. The van der Waals surface area contributed by atoms with Crippen LogP contribution >= 0.6 is 0 Å². The Morgan fingerprint density at radius 3 is 2.69 bits per heavy atom. The average Bonchev–Trinajstić information content (AvgIpc) is 2.78. The summed E-state index contributed by atoms with van der Waals surface area (Å²) in [4.78, 5) is 25.5. The van der Waals surface area contributed by atoms with Crippen molar-refractivity contribution in [2.24, 2.45) is 5.10 Å². The molecule has 0 spiro atoms. The molecule has 0 aliphatic heterocycles. The van der Waals surface area contributed by atoms with E-state index in [1.54, 1.807) is 36.4 Å². The molecule has 0 saturated carbocycles. The van der Waals surface area contributed by atoms with Gasteiger partial charge in [-0.3, -0.25) is 9.59 Å². The van der Waals surface area contributed by atoms with Crippen molar-refractivity contribution < 1.29 is 19.1 Å². The van der Waals surface area contributed by atoms with Crippen LogP contribution in [0, 0.1) is 13.8 Å². The van der Waals surface area contributed by atoms with E-state index in [0.29, 0.717) is 38.8 Å². The monoisotopic (exact) mass is 430 g/mol. The highest BCUT2D eigenvalue weighted by atomic mass is 16.5. The average molecular weight is 430 g/mol. The van der Waals surface area contributed by atoms with Crippen LogP contribution in [-0.2, 0) is 11.2 Å². The zero-order valence-electron chi connectivity index (χ0n) is 17.9. The molecule has 162 valence electrons. The highest BCUT2D eigenvalue weighted by Crippen LogP contribution is 2.27. The minimum absolute atomic E-state index is 0.00705. The zero-order valence-corrected chi connectivity index (χ0v) is 17.9. The Balaban J connectivity index is 1.60. The summed E-state index contributed by atoms with van der Waals surface area (Å²) in [6.45, 7) is 3.87. The number of methoxy groups -OCH3 is 1. The van der Waals surface area contributed by atoms with E-state index in [-0.39, 0.29) is 23.5 Å². The summed E-state index contributed by atoms with van der Waals surface area (Å²) in [5.74, 6) is -0.0314. The van der Waals surface area contributed by atoms with Crippen LogP contribution in [0.4, 0.5) is 0 Å². The maximum Gasteiger partial charge on any atom is 0.244 e. The van der Waals surface area contributed by atoms with Crippen LogP contribution in [0.3, 0.4) is 0 Å². The molecule has 32 heavy (non-hydrogen) atoms. The van der Waals surface area contributed by atoms with Crippen LogP contribution in [0.2, 0.25) is 0 Å². The molecule has 7 heteroatoms. The first kappa shape index (κ1) is 21.1. The van der Waals surface area contributed by atoms with Gasteiger partial charge in [0.25, 0.3) is 0 Å². The Labute approximate surface area is 183 Å². The first-order valence-corrected chi connectivity index (χ1v) is 10.0. The van der Waals surface area contributed by atoms with E-state index in [4.69, 9.17) is 9.15 Å². The standard InChI is InChI=1S/C25H22N2O5/c1-14-7-9-19-23(30)18-6-4-5-17(25(18)32-24(19)15(14)2)12-22(29)27-26-13-16-8-10-20(28)21(11-16)31-3/h4-11,13,28H,12H2,1-3H3,(H,27,29)/b26-13-. The number of ether oxygens (including phenoxy) is 1. The number of phenolic OH excluding ortho intramolecular Hbond substituents is 1. The van der Waals surface area contributed by atoms with Gasteiger partial charge in [-0.05, 0) is 60.9 Å². The van der Waals surface area contributed by atoms with Crippen LogP contribution < -0.4 is 15.6 Å². The third kappa shape index (κ3) is 3.92. The van der Waals surface area contributed by atoms with Crippen molar-refractivity contribution in [2.45, 2.75) is 20.3 Å². The number of hydrazone groups is 1. The number of aryl methyl sites for hydroxylation is 2. The summed E-state index contributed by atoms with van der Waals surface area (Å²) in [5.41, 5.74) is 6.46. The minimum atomic E-state index is -0.358. The van der Waals surface area contributed by atoms with Crippen LogP contribution in [-0.4, -0.2) is 24.3 Å². The Morgan fingerprint density at radius 2 is 1.91 bits per heavy atom. The van der Waals surface area contributed by atoms with Gasteiger partial charge in [0.05, 0.1) is 30.5 Å². The highest BCUT2D eigenvalue weighted by Gasteiger charge is 2.15. The number of phenols is 1. The number of hydrogen-bond donors (Lipinski definition) is 2. The lowest BCUT2D eigenvalue weighted by molar-refractivity contribution is -0.120. The summed E-state index contributed by atoms with van der Waals surface area (Å²) in [5, 5.41) is 14.6. The predicted molar refractivity (Wildman–Crippen MR) is 124 cm³/mol. The van der Waals surface area contributed by atoms with Crippen molar-refractivity contribution >= 4 is 34.1 Å². The van der Waals surface area contributed by atoms with Crippen molar-refractivity contribution in [2.75, 3.05) is 7.11 Å². The zero-order chi connectivity index (χ0) is 22.8. The van der Waals surface area contributed by atoms with Gasteiger partial charge in [0.1, 0.15) is 11.2 Å². The molecule has 1 aromatic heterocycles. The number of nitrogens with zero attached hydrogens (tertiary/aromatic N) is 1. The van der Waals surface area contributed by atoms with Gasteiger partial charge in [-0.2, -0.15) is 5.10 Å². The largest absolute Gasteiger partial charge is 0.504 e. The van der Waals surface area contributed by atoms with Crippen molar-refractivity contribution in [3.05, 3.63) is 81.0 Å². The maximum atomic E-state index is 13.0. The molecule has 0 fully saturated rings. The number of fused-ring (bicyclic) bond motifs is 2. The summed E-state index contributed by atoms with van der Waals surface area (Å²) in [6.07, 6.45) is 1.44. The molecule has 1 amide bonds. The van der Waals surface area contributed by atoms with E-state index >= 15 is 0 Å². The van der Waals surface area contributed by atoms with Crippen LogP contribution in [0.15, 0.2) is 62.8 Å². The first-order chi connectivity index (χ1) is 15.4. The molecule has 0 radical (unpaired) electrons. The van der Waals surface area contributed by atoms with E-state index in [1.165, 1.54) is 19.4 Å². The number of benzene rings is 3.